The third-order valence-corrected chi connectivity index (χ3v) is 5.91. The van der Waals surface area contributed by atoms with Gasteiger partial charge in [0.1, 0.15) is 0 Å². The second-order valence-electron chi connectivity index (χ2n) is 7.21. The minimum Gasteiger partial charge on any atom is -0.349 e. The van der Waals surface area contributed by atoms with Crippen molar-refractivity contribution in [2.75, 3.05) is 13.1 Å². The highest BCUT2D eigenvalue weighted by molar-refractivity contribution is 8.14. The maximum atomic E-state index is 5.10. The van der Waals surface area contributed by atoms with Crippen molar-refractivity contribution in [3.8, 4) is 0 Å². The molecule has 26 heavy (non-hydrogen) atoms. The van der Waals surface area contributed by atoms with Gasteiger partial charge in [-0.2, -0.15) is 0 Å². The first kappa shape index (κ1) is 17.2. The summed E-state index contributed by atoms with van der Waals surface area (Å²) < 4.78 is 0. The number of hydrogen-bond donors (Lipinski definition) is 0. The minimum absolute atomic E-state index is 0.448. The lowest BCUT2D eigenvalue weighted by atomic mass is 10.1. The van der Waals surface area contributed by atoms with Gasteiger partial charge in [-0.15, -0.1) is 0 Å². The topological polar surface area (TPSA) is 15.6 Å². The summed E-state index contributed by atoms with van der Waals surface area (Å²) in [5, 5.41) is 4.05. The Balaban J connectivity index is 1.70. The number of aliphatic imine (C=N–C) groups is 1. The summed E-state index contributed by atoms with van der Waals surface area (Å²) in [6.45, 7) is 6.61. The fourth-order valence-corrected chi connectivity index (χ4v) is 4.71. The largest absolute Gasteiger partial charge is 0.349 e. The van der Waals surface area contributed by atoms with Crippen LogP contribution in [0.1, 0.15) is 24.7 Å². The van der Waals surface area contributed by atoms with E-state index >= 15 is 0 Å². The molecule has 1 aliphatic rings. The van der Waals surface area contributed by atoms with Crippen LogP contribution in [0.25, 0.3) is 10.8 Å². The van der Waals surface area contributed by atoms with Crippen molar-refractivity contribution >= 4 is 33.4 Å². The Morgan fingerprint density at radius 3 is 2.50 bits per heavy atom. The SMILES string of the molecule is CC(C)CN1C[C@@H](c2ccccc2)SC1=Nc1cccc2ccccc12. The average molecular weight is 361 g/mol. The summed E-state index contributed by atoms with van der Waals surface area (Å²) in [5.41, 5.74) is 2.45. The molecule has 1 fully saturated rings. The first-order valence-corrected chi connectivity index (χ1v) is 10.1. The monoisotopic (exact) mass is 360 g/mol. The number of nitrogens with zero attached hydrogens (tertiary/aromatic N) is 2. The lowest BCUT2D eigenvalue weighted by molar-refractivity contribution is 0.381. The van der Waals surface area contributed by atoms with Gasteiger partial charge in [0, 0.05) is 18.5 Å². The van der Waals surface area contributed by atoms with E-state index in [-0.39, 0.29) is 0 Å². The first-order valence-electron chi connectivity index (χ1n) is 9.24. The summed E-state index contributed by atoms with van der Waals surface area (Å²) >= 11 is 1.89. The van der Waals surface area contributed by atoms with Crippen molar-refractivity contribution in [1.82, 2.24) is 4.90 Å². The molecule has 3 aromatic carbocycles. The van der Waals surface area contributed by atoms with E-state index in [4.69, 9.17) is 4.99 Å². The molecule has 2 nitrogen and oxygen atoms in total. The van der Waals surface area contributed by atoms with Crippen molar-refractivity contribution in [3.63, 3.8) is 0 Å². The molecule has 0 unspecified atom stereocenters. The third-order valence-electron chi connectivity index (χ3n) is 4.64. The molecule has 0 spiro atoms. The summed E-state index contributed by atoms with van der Waals surface area (Å²) in [6.07, 6.45) is 0. The van der Waals surface area contributed by atoms with Crippen molar-refractivity contribution in [1.29, 1.82) is 0 Å². The summed E-state index contributed by atoms with van der Waals surface area (Å²) in [4.78, 5) is 7.56. The van der Waals surface area contributed by atoms with Crippen LogP contribution in [0.4, 0.5) is 5.69 Å². The van der Waals surface area contributed by atoms with E-state index in [1.54, 1.807) is 0 Å². The number of hydrogen-bond acceptors (Lipinski definition) is 2. The van der Waals surface area contributed by atoms with Crippen molar-refractivity contribution in [2.24, 2.45) is 10.9 Å². The molecule has 0 N–H and O–H groups in total. The van der Waals surface area contributed by atoms with E-state index in [9.17, 15) is 0 Å². The van der Waals surface area contributed by atoms with Gasteiger partial charge in [0.15, 0.2) is 5.17 Å². The molecule has 0 radical (unpaired) electrons. The number of fused-ring (bicyclic) bond motifs is 1. The highest BCUT2D eigenvalue weighted by Crippen LogP contribution is 2.40. The molecule has 1 aliphatic heterocycles. The van der Waals surface area contributed by atoms with E-state index in [2.05, 4.69) is 91.5 Å². The smallest absolute Gasteiger partial charge is 0.165 e. The van der Waals surface area contributed by atoms with Gasteiger partial charge in [-0.1, -0.05) is 92.3 Å². The molecule has 1 heterocycles. The maximum absolute atomic E-state index is 5.10. The van der Waals surface area contributed by atoms with Gasteiger partial charge < -0.3 is 4.90 Å². The lowest BCUT2D eigenvalue weighted by Crippen LogP contribution is -2.28. The zero-order valence-electron chi connectivity index (χ0n) is 15.3. The number of amidine groups is 1. The number of thioether (sulfide) groups is 1. The van der Waals surface area contributed by atoms with Crippen molar-refractivity contribution in [3.05, 3.63) is 78.4 Å². The zero-order valence-corrected chi connectivity index (χ0v) is 16.1. The van der Waals surface area contributed by atoms with Crippen LogP contribution in [0.2, 0.25) is 0 Å². The van der Waals surface area contributed by atoms with Crippen LogP contribution in [-0.2, 0) is 0 Å². The molecule has 3 heteroatoms. The second kappa shape index (κ2) is 7.55. The van der Waals surface area contributed by atoms with Crippen LogP contribution in [0.15, 0.2) is 77.8 Å². The Morgan fingerprint density at radius 2 is 1.69 bits per heavy atom. The molecule has 0 aromatic heterocycles. The third kappa shape index (κ3) is 3.63. The van der Waals surface area contributed by atoms with Gasteiger partial charge >= 0.3 is 0 Å². The van der Waals surface area contributed by atoms with Gasteiger partial charge in [-0.25, -0.2) is 4.99 Å². The Hall–Kier alpha value is -2.26. The van der Waals surface area contributed by atoms with Crippen LogP contribution in [0.3, 0.4) is 0 Å². The predicted molar refractivity (Wildman–Crippen MR) is 114 cm³/mol. The molecule has 3 aromatic rings. The zero-order chi connectivity index (χ0) is 17.9. The summed E-state index contributed by atoms with van der Waals surface area (Å²) in [5.74, 6) is 0.614. The van der Waals surface area contributed by atoms with Gasteiger partial charge in [-0.05, 0) is 22.9 Å². The fourth-order valence-electron chi connectivity index (χ4n) is 3.46. The van der Waals surface area contributed by atoms with Crippen LogP contribution < -0.4 is 0 Å². The lowest BCUT2D eigenvalue weighted by Gasteiger charge is -2.20. The quantitative estimate of drug-likeness (QED) is 0.544. The Labute approximate surface area is 159 Å². The highest BCUT2D eigenvalue weighted by atomic mass is 32.2. The van der Waals surface area contributed by atoms with Crippen LogP contribution in [0, 0.1) is 5.92 Å². The number of rotatable bonds is 4. The molecule has 0 amide bonds. The Kier molecular flexibility index (Phi) is 4.98. The molecule has 0 aliphatic carbocycles. The number of benzene rings is 3. The van der Waals surface area contributed by atoms with Crippen LogP contribution >= 0.6 is 11.8 Å². The normalized spacial score (nSPS) is 19.0. The predicted octanol–water partition coefficient (Wildman–Crippen LogP) is 6.27. The summed E-state index contributed by atoms with van der Waals surface area (Å²) in [7, 11) is 0. The average Bonchev–Trinajstić information content (AvgIpc) is 3.05. The van der Waals surface area contributed by atoms with E-state index in [0.717, 1.165) is 23.9 Å². The standard InChI is InChI=1S/C23H24N2S/c1-17(2)15-25-16-22(19-10-4-3-5-11-19)26-23(25)24-21-14-8-12-18-9-6-7-13-20(18)21/h3-14,17,22H,15-16H2,1-2H3/t22-/m0/s1. The molecule has 0 saturated carbocycles. The van der Waals surface area contributed by atoms with Crippen molar-refractivity contribution in [2.45, 2.75) is 19.1 Å². The maximum Gasteiger partial charge on any atom is 0.165 e. The van der Waals surface area contributed by atoms with Crippen LogP contribution in [0.5, 0.6) is 0 Å². The second-order valence-corrected chi connectivity index (χ2v) is 8.38. The Bertz CT molecular complexity index is 912. The van der Waals surface area contributed by atoms with Crippen molar-refractivity contribution < 1.29 is 0 Å². The van der Waals surface area contributed by atoms with E-state index in [0.29, 0.717) is 11.2 Å². The summed E-state index contributed by atoms with van der Waals surface area (Å²) in [6, 6.07) is 25.7. The molecular formula is C23H24N2S. The molecule has 0 bridgehead atoms. The Morgan fingerprint density at radius 1 is 0.962 bits per heavy atom. The molecular weight excluding hydrogens is 336 g/mol. The van der Waals surface area contributed by atoms with Gasteiger partial charge in [-0.3, -0.25) is 0 Å². The van der Waals surface area contributed by atoms with E-state index < -0.39 is 0 Å². The fraction of sp³-hybridized carbons (Fsp3) is 0.261. The van der Waals surface area contributed by atoms with Gasteiger partial charge in [0.2, 0.25) is 0 Å². The van der Waals surface area contributed by atoms with Crippen LogP contribution in [-0.4, -0.2) is 23.2 Å². The highest BCUT2D eigenvalue weighted by Gasteiger charge is 2.30. The molecule has 4 rings (SSSR count). The van der Waals surface area contributed by atoms with Gasteiger partial charge in [0.25, 0.3) is 0 Å². The molecule has 1 saturated heterocycles. The first-order chi connectivity index (χ1) is 12.7. The molecule has 132 valence electrons. The minimum atomic E-state index is 0.448. The van der Waals surface area contributed by atoms with E-state index in [1.807, 2.05) is 11.8 Å². The molecule has 1 atom stereocenters. The van der Waals surface area contributed by atoms with Gasteiger partial charge in [0.05, 0.1) is 10.9 Å². The van der Waals surface area contributed by atoms with E-state index in [1.165, 1.54) is 16.3 Å².